The van der Waals surface area contributed by atoms with Crippen LogP contribution in [0.2, 0.25) is 0 Å². The van der Waals surface area contributed by atoms with Crippen LogP contribution in [0.1, 0.15) is 24.7 Å². The molecule has 1 aromatic carbocycles. The van der Waals surface area contributed by atoms with Gasteiger partial charge in [0.2, 0.25) is 0 Å². The van der Waals surface area contributed by atoms with Crippen LogP contribution in [0.4, 0.5) is 14.6 Å². The zero-order chi connectivity index (χ0) is 19.8. The number of imidazole rings is 1. The first kappa shape index (κ1) is 19.1. The molecule has 0 aliphatic carbocycles. The number of ether oxygens (including phenoxy) is 1. The quantitative estimate of drug-likeness (QED) is 0.483. The van der Waals surface area contributed by atoms with Crippen molar-refractivity contribution in [3.8, 4) is 5.82 Å². The number of benzene rings is 1. The lowest BCUT2D eigenvalue weighted by Gasteiger charge is -2.34. The van der Waals surface area contributed by atoms with Crippen molar-refractivity contribution in [2.45, 2.75) is 31.5 Å². The molecule has 1 saturated heterocycles. The minimum absolute atomic E-state index is 0.141. The van der Waals surface area contributed by atoms with E-state index in [1.165, 1.54) is 16.3 Å². The molecule has 0 amide bonds. The summed E-state index contributed by atoms with van der Waals surface area (Å²) in [6.07, 6.45) is -0.846. The van der Waals surface area contributed by atoms with Crippen LogP contribution in [0, 0.1) is 6.92 Å². The summed E-state index contributed by atoms with van der Waals surface area (Å²) in [5, 5.41) is 0.529. The summed E-state index contributed by atoms with van der Waals surface area (Å²) in [4.78, 5) is 15.4. The van der Waals surface area contributed by atoms with Crippen LogP contribution in [-0.2, 0) is 4.74 Å². The van der Waals surface area contributed by atoms with E-state index < -0.39 is 6.43 Å². The fourth-order valence-corrected chi connectivity index (χ4v) is 3.78. The van der Waals surface area contributed by atoms with Crippen LogP contribution < -0.4 is 4.90 Å². The third-order valence-corrected chi connectivity index (χ3v) is 5.33. The molecule has 3 aromatic rings. The summed E-state index contributed by atoms with van der Waals surface area (Å²) in [5.74, 6) is 0.795. The van der Waals surface area contributed by atoms with Gasteiger partial charge in [-0.1, -0.05) is 17.8 Å². The van der Waals surface area contributed by atoms with Gasteiger partial charge in [0, 0.05) is 12.6 Å². The van der Waals surface area contributed by atoms with E-state index in [-0.39, 0.29) is 11.9 Å². The third-order valence-electron chi connectivity index (χ3n) is 4.78. The predicted molar refractivity (Wildman–Crippen MR) is 106 cm³/mol. The molecule has 0 N–H and O–H groups in total. The molecule has 4 rings (SSSR count). The normalized spacial score (nSPS) is 17.6. The maximum Gasteiger partial charge on any atom is 0.296 e. The summed E-state index contributed by atoms with van der Waals surface area (Å²) >= 11 is 1.38. The Morgan fingerprint density at radius 2 is 1.96 bits per heavy atom. The lowest BCUT2D eigenvalue weighted by atomic mass is 10.2. The fraction of sp³-hybridized carbons (Fsp3) is 0.421. The Morgan fingerprint density at radius 1 is 1.18 bits per heavy atom. The number of hydrogen-bond acceptors (Lipinski definition) is 6. The van der Waals surface area contributed by atoms with Crippen molar-refractivity contribution in [2.24, 2.45) is 0 Å². The van der Waals surface area contributed by atoms with Crippen LogP contribution in [0.5, 0.6) is 0 Å². The smallest absolute Gasteiger partial charge is 0.296 e. The lowest BCUT2D eigenvalue weighted by Crippen LogP contribution is -2.44. The molecule has 9 heteroatoms. The Kier molecular flexibility index (Phi) is 5.20. The minimum atomic E-state index is -2.72. The number of nitrogens with zero attached hydrogens (tertiary/aromatic N) is 5. The predicted octanol–water partition coefficient (Wildman–Crippen LogP) is 4.01. The van der Waals surface area contributed by atoms with Gasteiger partial charge in [-0.2, -0.15) is 0 Å². The van der Waals surface area contributed by atoms with Gasteiger partial charge < -0.3 is 9.64 Å². The van der Waals surface area contributed by atoms with Gasteiger partial charge in [0.15, 0.2) is 11.0 Å². The largest absolute Gasteiger partial charge is 0.377 e. The molecule has 0 unspecified atom stereocenters. The highest BCUT2D eigenvalue weighted by Gasteiger charge is 2.25. The molecule has 1 fully saturated rings. The average Bonchev–Trinajstić information content (AvgIpc) is 3.07. The fourth-order valence-electron chi connectivity index (χ4n) is 3.41. The van der Waals surface area contributed by atoms with Gasteiger partial charge in [0.1, 0.15) is 11.6 Å². The summed E-state index contributed by atoms with van der Waals surface area (Å²) in [5.41, 5.74) is 2.10. The van der Waals surface area contributed by atoms with Crippen molar-refractivity contribution in [3.05, 3.63) is 35.7 Å². The molecule has 28 heavy (non-hydrogen) atoms. The Bertz CT molecular complexity index is 1010. The van der Waals surface area contributed by atoms with Gasteiger partial charge in [0.05, 0.1) is 30.3 Å². The first-order chi connectivity index (χ1) is 13.5. The Hall–Kier alpha value is -2.26. The molecule has 3 heterocycles. The molecule has 1 atom stereocenters. The van der Waals surface area contributed by atoms with Gasteiger partial charge in [-0.25, -0.2) is 23.7 Å². The van der Waals surface area contributed by atoms with Gasteiger partial charge in [0.25, 0.3) is 6.43 Å². The maximum absolute atomic E-state index is 13.8. The Balaban J connectivity index is 1.92. The summed E-state index contributed by atoms with van der Waals surface area (Å²) in [7, 11) is 0. The highest BCUT2D eigenvalue weighted by Crippen LogP contribution is 2.30. The van der Waals surface area contributed by atoms with Gasteiger partial charge in [-0.05, 0) is 37.8 Å². The Labute approximate surface area is 165 Å². The molecular weight excluding hydrogens is 384 g/mol. The second kappa shape index (κ2) is 7.63. The van der Waals surface area contributed by atoms with Crippen molar-refractivity contribution in [2.75, 3.05) is 30.9 Å². The minimum Gasteiger partial charge on any atom is -0.377 e. The maximum atomic E-state index is 13.8. The number of thioether (sulfide) groups is 1. The molecule has 148 valence electrons. The van der Waals surface area contributed by atoms with E-state index in [4.69, 9.17) is 4.74 Å². The summed E-state index contributed by atoms with van der Waals surface area (Å²) in [6.45, 7) is 5.88. The average molecular weight is 405 g/mol. The molecule has 6 nitrogen and oxygen atoms in total. The number of halogens is 2. The van der Waals surface area contributed by atoms with Crippen LogP contribution in [0.25, 0.3) is 16.9 Å². The first-order valence-corrected chi connectivity index (χ1v) is 10.3. The number of fused-ring (bicyclic) bond motifs is 1. The molecule has 0 bridgehead atoms. The van der Waals surface area contributed by atoms with E-state index in [0.717, 1.165) is 5.56 Å². The van der Waals surface area contributed by atoms with E-state index in [0.29, 0.717) is 47.6 Å². The number of rotatable bonds is 4. The van der Waals surface area contributed by atoms with Gasteiger partial charge >= 0.3 is 0 Å². The number of alkyl halides is 2. The van der Waals surface area contributed by atoms with Crippen molar-refractivity contribution < 1.29 is 13.5 Å². The highest BCUT2D eigenvalue weighted by molar-refractivity contribution is 7.98. The molecule has 0 radical (unpaired) electrons. The number of hydrogen-bond donors (Lipinski definition) is 0. The van der Waals surface area contributed by atoms with Crippen molar-refractivity contribution >= 4 is 28.6 Å². The molecule has 2 aromatic heterocycles. The van der Waals surface area contributed by atoms with Crippen LogP contribution >= 0.6 is 11.8 Å². The number of anilines is 1. The van der Waals surface area contributed by atoms with E-state index in [1.54, 1.807) is 12.1 Å². The van der Waals surface area contributed by atoms with E-state index in [2.05, 4.69) is 26.8 Å². The third kappa shape index (κ3) is 3.44. The molecule has 1 aliphatic rings. The molecule has 0 saturated carbocycles. The highest BCUT2D eigenvalue weighted by atomic mass is 32.2. The van der Waals surface area contributed by atoms with Crippen molar-refractivity contribution in [1.82, 2.24) is 19.5 Å². The SMILES string of the molecule is CSc1nc(N2CCOC[C@H]2C)cc(-n2c(C(F)F)nc3ccc(C)cc32)n1. The van der Waals surface area contributed by atoms with E-state index in [9.17, 15) is 8.78 Å². The van der Waals surface area contributed by atoms with E-state index in [1.807, 2.05) is 25.3 Å². The Morgan fingerprint density at radius 3 is 2.68 bits per heavy atom. The van der Waals surface area contributed by atoms with Crippen molar-refractivity contribution in [3.63, 3.8) is 0 Å². The number of morpholine rings is 1. The summed E-state index contributed by atoms with van der Waals surface area (Å²) < 4.78 is 34.5. The molecule has 1 aliphatic heterocycles. The zero-order valence-corrected chi connectivity index (χ0v) is 16.7. The zero-order valence-electron chi connectivity index (χ0n) is 15.9. The first-order valence-electron chi connectivity index (χ1n) is 9.03. The van der Waals surface area contributed by atoms with Gasteiger partial charge in [-0.3, -0.25) is 4.57 Å². The molecule has 0 spiro atoms. The monoisotopic (exact) mass is 405 g/mol. The summed E-state index contributed by atoms with van der Waals surface area (Å²) in [6, 6.07) is 7.38. The van der Waals surface area contributed by atoms with Crippen LogP contribution in [0.15, 0.2) is 29.4 Å². The second-order valence-electron chi connectivity index (χ2n) is 6.79. The van der Waals surface area contributed by atoms with E-state index >= 15 is 0 Å². The second-order valence-corrected chi connectivity index (χ2v) is 7.56. The number of aromatic nitrogens is 4. The lowest BCUT2D eigenvalue weighted by molar-refractivity contribution is 0.0984. The standard InChI is InChI=1S/C19H21F2N5OS/c1-11-4-5-13-14(8-11)26(18(22-13)17(20)21)16-9-15(23-19(24-16)28-3)25-6-7-27-10-12(25)2/h4-5,8-9,12,17H,6-7,10H2,1-3H3/t12-/m1/s1. The van der Waals surface area contributed by atoms with Crippen LogP contribution in [-0.4, -0.2) is 51.6 Å². The number of aryl methyl sites for hydroxylation is 1. The topological polar surface area (TPSA) is 56.1 Å². The molecular formula is C19H21F2N5OS. The van der Waals surface area contributed by atoms with Crippen LogP contribution in [0.3, 0.4) is 0 Å². The van der Waals surface area contributed by atoms with Crippen molar-refractivity contribution in [1.29, 1.82) is 0 Å². The van der Waals surface area contributed by atoms with Gasteiger partial charge in [-0.15, -0.1) is 0 Å².